The molecular formula is C17H11Cl2FN6. The number of hydrogen-bond acceptors (Lipinski definition) is 5. The van der Waals surface area contributed by atoms with Crippen LogP contribution in [0.3, 0.4) is 0 Å². The second-order valence-electron chi connectivity index (χ2n) is 5.44. The zero-order chi connectivity index (χ0) is 18.1. The van der Waals surface area contributed by atoms with Gasteiger partial charge in [0.1, 0.15) is 0 Å². The minimum atomic E-state index is -0.592. The second-order valence-corrected chi connectivity index (χ2v) is 6.26. The molecule has 0 spiro atoms. The Morgan fingerprint density at radius 2 is 1.73 bits per heavy atom. The molecule has 0 saturated carbocycles. The molecule has 26 heavy (non-hydrogen) atoms. The first-order chi connectivity index (χ1) is 12.6. The molecule has 2 aromatic carbocycles. The summed E-state index contributed by atoms with van der Waals surface area (Å²) in [6.45, 7) is 0. The first-order valence-electron chi connectivity index (χ1n) is 7.53. The van der Waals surface area contributed by atoms with Crippen LogP contribution in [0.1, 0.15) is 0 Å². The van der Waals surface area contributed by atoms with E-state index < -0.39 is 5.82 Å². The molecule has 4 aromatic rings. The summed E-state index contributed by atoms with van der Waals surface area (Å²) in [5.41, 5.74) is 2.17. The molecule has 2 heterocycles. The van der Waals surface area contributed by atoms with Crippen molar-refractivity contribution < 1.29 is 4.39 Å². The van der Waals surface area contributed by atoms with Crippen molar-refractivity contribution in [3.63, 3.8) is 0 Å². The van der Waals surface area contributed by atoms with Crippen LogP contribution in [0.5, 0.6) is 0 Å². The van der Waals surface area contributed by atoms with Crippen LogP contribution in [0.15, 0.2) is 48.8 Å². The number of H-pyrrole nitrogens is 1. The van der Waals surface area contributed by atoms with E-state index in [0.717, 1.165) is 22.8 Å². The third-order valence-corrected chi connectivity index (χ3v) is 4.36. The molecular weight excluding hydrogens is 378 g/mol. The number of nitrogens with one attached hydrogen (secondary N) is 3. The quantitative estimate of drug-likeness (QED) is 0.442. The summed E-state index contributed by atoms with van der Waals surface area (Å²) in [5.74, 6) is -0.332. The summed E-state index contributed by atoms with van der Waals surface area (Å²) in [7, 11) is 0. The van der Waals surface area contributed by atoms with Crippen LogP contribution in [-0.4, -0.2) is 20.2 Å². The van der Waals surface area contributed by atoms with Gasteiger partial charge in [-0.15, -0.1) is 0 Å². The minimum absolute atomic E-state index is 0.0171. The van der Waals surface area contributed by atoms with Gasteiger partial charge in [0.05, 0.1) is 28.0 Å². The molecule has 3 N–H and O–H groups in total. The van der Waals surface area contributed by atoms with Crippen LogP contribution in [-0.2, 0) is 0 Å². The molecule has 130 valence electrons. The average molecular weight is 389 g/mol. The van der Waals surface area contributed by atoms with Crippen molar-refractivity contribution in [3.8, 4) is 0 Å². The molecule has 0 aliphatic heterocycles. The normalized spacial score (nSPS) is 10.9. The van der Waals surface area contributed by atoms with Gasteiger partial charge in [-0.25, -0.2) is 9.37 Å². The summed E-state index contributed by atoms with van der Waals surface area (Å²) in [4.78, 5) is 8.14. The van der Waals surface area contributed by atoms with Crippen molar-refractivity contribution in [1.82, 2.24) is 20.2 Å². The highest BCUT2D eigenvalue weighted by Gasteiger charge is 2.09. The van der Waals surface area contributed by atoms with Gasteiger partial charge in [0.15, 0.2) is 11.6 Å². The number of aromatic amines is 1. The number of hydrogen-bond donors (Lipinski definition) is 3. The third-order valence-electron chi connectivity index (χ3n) is 3.62. The Balaban J connectivity index is 1.59. The maximum atomic E-state index is 14.1. The molecule has 0 radical (unpaired) electrons. The van der Waals surface area contributed by atoms with Gasteiger partial charge in [0.2, 0.25) is 5.95 Å². The standard InChI is InChI=1S/C17H11Cl2FN6/c18-12-4-3-10(5-13(12)19)23-16-14(20)8-21-17(25-16)24-11-2-1-9-7-22-26-15(9)6-11/h1-8H,(H,22,26)(H2,21,23,24,25). The van der Waals surface area contributed by atoms with Crippen molar-refractivity contribution in [3.05, 3.63) is 64.7 Å². The fourth-order valence-electron chi connectivity index (χ4n) is 2.37. The Kier molecular flexibility index (Phi) is 4.32. The van der Waals surface area contributed by atoms with E-state index in [0.29, 0.717) is 15.7 Å². The van der Waals surface area contributed by atoms with E-state index in [1.807, 2.05) is 18.2 Å². The van der Waals surface area contributed by atoms with Crippen molar-refractivity contribution in [2.75, 3.05) is 10.6 Å². The Labute approximate surface area is 157 Å². The monoisotopic (exact) mass is 388 g/mol. The van der Waals surface area contributed by atoms with Crippen molar-refractivity contribution in [2.24, 2.45) is 0 Å². The van der Waals surface area contributed by atoms with E-state index in [9.17, 15) is 4.39 Å². The Hall–Kier alpha value is -2.90. The van der Waals surface area contributed by atoms with Crippen LogP contribution in [0.2, 0.25) is 10.0 Å². The van der Waals surface area contributed by atoms with Gasteiger partial charge < -0.3 is 10.6 Å². The minimum Gasteiger partial charge on any atom is -0.338 e. The van der Waals surface area contributed by atoms with Crippen molar-refractivity contribution >= 4 is 57.2 Å². The lowest BCUT2D eigenvalue weighted by Crippen LogP contribution is -2.03. The first-order valence-corrected chi connectivity index (χ1v) is 8.29. The number of anilines is 4. The Bertz CT molecular complexity index is 1100. The molecule has 2 aromatic heterocycles. The zero-order valence-electron chi connectivity index (χ0n) is 13.1. The summed E-state index contributed by atoms with van der Waals surface area (Å²) in [5, 5.41) is 14.5. The molecule has 0 aliphatic carbocycles. The highest BCUT2D eigenvalue weighted by Crippen LogP contribution is 2.27. The average Bonchev–Trinajstić information content (AvgIpc) is 3.09. The lowest BCUT2D eigenvalue weighted by Gasteiger charge is -2.10. The van der Waals surface area contributed by atoms with Gasteiger partial charge in [-0.2, -0.15) is 10.1 Å². The van der Waals surface area contributed by atoms with Crippen molar-refractivity contribution in [2.45, 2.75) is 0 Å². The first kappa shape index (κ1) is 16.6. The maximum Gasteiger partial charge on any atom is 0.229 e. The molecule has 0 fully saturated rings. The molecule has 0 unspecified atom stereocenters. The number of halogens is 3. The number of aromatic nitrogens is 4. The summed E-state index contributed by atoms with van der Waals surface area (Å²) < 4.78 is 14.1. The predicted octanol–water partition coefficient (Wildman–Crippen LogP) is 5.29. The van der Waals surface area contributed by atoms with E-state index in [4.69, 9.17) is 23.2 Å². The molecule has 9 heteroatoms. The maximum absolute atomic E-state index is 14.1. The Morgan fingerprint density at radius 3 is 2.58 bits per heavy atom. The lowest BCUT2D eigenvalue weighted by atomic mass is 10.2. The van der Waals surface area contributed by atoms with Crippen LogP contribution in [0.4, 0.5) is 27.5 Å². The van der Waals surface area contributed by atoms with Crippen LogP contribution >= 0.6 is 23.2 Å². The zero-order valence-corrected chi connectivity index (χ0v) is 14.6. The number of fused-ring (bicyclic) bond motifs is 1. The van der Waals surface area contributed by atoms with E-state index in [2.05, 4.69) is 30.8 Å². The molecule has 0 amide bonds. The summed E-state index contributed by atoms with van der Waals surface area (Å²) in [6.07, 6.45) is 2.82. The predicted molar refractivity (Wildman–Crippen MR) is 101 cm³/mol. The molecule has 0 atom stereocenters. The van der Waals surface area contributed by atoms with Crippen LogP contribution in [0, 0.1) is 5.82 Å². The van der Waals surface area contributed by atoms with Gasteiger partial charge in [-0.3, -0.25) is 5.10 Å². The molecule has 6 nitrogen and oxygen atoms in total. The van der Waals surface area contributed by atoms with E-state index in [1.54, 1.807) is 24.4 Å². The van der Waals surface area contributed by atoms with Crippen LogP contribution in [0.25, 0.3) is 10.9 Å². The van der Waals surface area contributed by atoms with E-state index >= 15 is 0 Å². The molecule has 4 rings (SSSR count). The fraction of sp³-hybridized carbons (Fsp3) is 0. The molecule has 0 bridgehead atoms. The summed E-state index contributed by atoms with van der Waals surface area (Å²) >= 11 is 11.9. The van der Waals surface area contributed by atoms with Gasteiger partial charge in [-0.05, 0) is 36.4 Å². The number of rotatable bonds is 4. The topological polar surface area (TPSA) is 78.5 Å². The third kappa shape index (κ3) is 3.40. The SMILES string of the molecule is Fc1cnc(Nc2ccc3cn[nH]c3c2)nc1Nc1ccc(Cl)c(Cl)c1. The number of benzene rings is 2. The van der Waals surface area contributed by atoms with Crippen LogP contribution < -0.4 is 10.6 Å². The van der Waals surface area contributed by atoms with Gasteiger partial charge in [0, 0.05) is 16.8 Å². The lowest BCUT2D eigenvalue weighted by molar-refractivity contribution is 0.619. The van der Waals surface area contributed by atoms with Gasteiger partial charge in [-0.1, -0.05) is 23.2 Å². The highest BCUT2D eigenvalue weighted by molar-refractivity contribution is 6.42. The van der Waals surface area contributed by atoms with E-state index in [1.165, 1.54) is 0 Å². The number of nitrogens with zero attached hydrogens (tertiary/aromatic N) is 3. The van der Waals surface area contributed by atoms with Gasteiger partial charge in [0.25, 0.3) is 0 Å². The fourth-order valence-corrected chi connectivity index (χ4v) is 2.67. The second kappa shape index (κ2) is 6.78. The van der Waals surface area contributed by atoms with E-state index in [-0.39, 0.29) is 11.8 Å². The molecule has 0 saturated heterocycles. The molecule has 0 aliphatic rings. The van der Waals surface area contributed by atoms with Gasteiger partial charge >= 0.3 is 0 Å². The van der Waals surface area contributed by atoms with Crippen molar-refractivity contribution in [1.29, 1.82) is 0 Å². The summed E-state index contributed by atoms with van der Waals surface area (Å²) in [6, 6.07) is 10.5. The Morgan fingerprint density at radius 1 is 0.923 bits per heavy atom. The smallest absolute Gasteiger partial charge is 0.229 e. The highest BCUT2D eigenvalue weighted by atomic mass is 35.5. The largest absolute Gasteiger partial charge is 0.338 e.